The zero-order chi connectivity index (χ0) is 18.5. The monoisotopic (exact) mass is 378 g/mol. The average Bonchev–Trinajstić information content (AvgIpc) is 3.34. The molecule has 1 fully saturated rings. The maximum atomic E-state index is 12.8. The number of nitrogens with zero attached hydrogens (tertiary/aromatic N) is 2. The molecule has 140 valence electrons. The van der Waals surface area contributed by atoms with Crippen molar-refractivity contribution in [2.45, 2.75) is 38.7 Å². The van der Waals surface area contributed by atoms with Crippen molar-refractivity contribution in [1.29, 1.82) is 0 Å². The molecule has 1 N–H and O–H groups in total. The van der Waals surface area contributed by atoms with Crippen molar-refractivity contribution >= 4 is 23.2 Å². The van der Waals surface area contributed by atoms with Crippen LogP contribution in [-0.2, 0) is 20.7 Å². The molecule has 1 atom stereocenters. The van der Waals surface area contributed by atoms with E-state index in [4.69, 9.17) is 14.3 Å². The van der Waals surface area contributed by atoms with E-state index in [1.54, 1.807) is 11.8 Å². The SMILES string of the molecule is Cc1oc(-c2cccs2)nc1CC(=O)N(CCC(=O)O)C[C@@H]1CCCO1. The molecule has 0 spiro atoms. The Hall–Kier alpha value is -2.19. The zero-order valence-corrected chi connectivity index (χ0v) is 15.5. The van der Waals surface area contributed by atoms with Crippen LogP contribution in [-0.4, -0.2) is 52.7 Å². The van der Waals surface area contributed by atoms with E-state index in [2.05, 4.69) is 4.98 Å². The molecule has 1 saturated heterocycles. The maximum absolute atomic E-state index is 12.8. The molecule has 2 aromatic heterocycles. The van der Waals surface area contributed by atoms with Gasteiger partial charge in [0.25, 0.3) is 0 Å². The number of amides is 1. The zero-order valence-electron chi connectivity index (χ0n) is 14.6. The number of carboxylic acids is 1. The highest BCUT2D eigenvalue weighted by molar-refractivity contribution is 7.13. The van der Waals surface area contributed by atoms with Crippen LogP contribution in [0.4, 0.5) is 0 Å². The van der Waals surface area contributed by atoms with Crippen molar-refractivity contribution in [3.8, 4) is 10.8 Å². The number of aryl methyl sites for hydroxylation is 1. The second kappa shape index (κ2) is 8.46. The average molecular weight is 378 g/mol. The summed E-state index contributed by atoms with van der Waals surface area (Å²) in [5.74, 6) is 0.0391. The number of oxazole rings is 1. The highest BCUT2D eigenvalue weighted by Gasteiger charge is 2.25. The topological polar surface area (TPSA) is 92.9 Å². The first-order chi connectivity index (χ1) is 12.5. The minimum Gasteiger partial charge on any atom is -0.481 e. The number of aliphatic carboxylic acids is 1. The molecule has 2 aromatic rings. The molecule has 0 saturated carbocycles. The summed E-state index contributed by atoms with van der Waals surface area (Å²) in [4.78, 5) is 30.6. The van der Waals surface area contributed by atoms with Gasteiger partial charge in [-0.1, -0.05) is 6.07 Å². The van der Waals surface area contributed by atoms with Gasteiger partial charge in [0.15, 0.2) is 0 Å². The minimum absolute atomic E-state index is 0.0205. The van der Waals surface area contributed by atoms with E-state index < -0.39 is 5.97 Å². The number of carbonyl (C=O) groups is 2. The Labute approximate surface area is 155 Å². The lowest BCUT2D eigenvalue weighted by Crippen LogP contribution is -2.39. The summed E-state index contributed by atoms with van der Waals surface area (Å²) in [7, 11) is 0. The molecule has 1 aliphatic heterocycles. The van der Waals surface area contributed by atoms with E-state index in [0.29, 0.717) is 30.5 Å². The smallest absolute Gasteiger partial charge is 0.305 e. The largest absolute Gasteiger partial charge is 0.481 e. The summed E-state index contributed by atoms with van der Waals surface area (Å²) >= 11 is 1.52. The maximum Gasteiger partial charge on any atom is 0.305 e. The van der Waals surface area contributed by atoms with Crippen molar-refractivity contribution in [1.82, 2.24) is 9.88 Å². The van der Waals surface area contributed by atoms with E-state index >= 15 is 0 Å². The Morgan fingerprint density at radius 2 is 2.31 bits per heavy atom. The molecule has 1 aliphatic rings. The first-order valence-electron chi connectivity index (χ1n) is 8.64. The Morgan fingerprint density at radius 3 is 2.96 bits per heavy atom. The highest BCUT2D eigenvalue weighted by atomic mass is 32.1. The predicted molar refractivity (Wildman–Crippen MR) is 96.1 cm³/mol. The van der Waals surface area contributed by atoms with Gasteiger partial charge in [0.1, 0.15) is 5.76 Å². The van der Waals surface area contributed by atoms with Crippen molar-refractivity contribution in [2.24, 2.45) is 0 Å². The molecule has 0 unspecified atom stereocenters. The number of carbonyl (C=O) groups excluding carboxylic acids is 1. The lowest BCUT2D eigenvalue weighted by molar-refractivity contribution is -0.139. The number of aromatic nitrogens is 1. The Balaban J connectivity index is 1.68. The van der Waals surface area contributed by atoms with Crippen LogP contribution in [0.3, 0.4) is 0 Å². The summed E-state index contributed by atoms with van der Waals surface area (Å²) < 4.78 is 11.3. The van der Waals surface area contributed by atoms with Crippen LogP contribution in [0.25, 0.3) is 10.8 Å². The molecule has 8 heteroatoms. The molecule has 0 bridgehead atoms. The summed E-state index contributed by atoms with van der Waals surface area (Å²) in [5.41, 5.74) is 0.589. The Kier molecular flexibility index (Phi) is 6.05. The van der Waals surface area contributed by atoms with Gasteiger partial charge in [0.2, 0.25) is 11.8 Å². The van der Waals surface area contributed by atoms with Crippen molar-refractivity contribution in [3.63, 3.8) is 0 Å². The fourth-order valence-electron chi connectivity index (χ4n) is 2.94. The number of rotatable bonds is 8. The van der Waals surface area contributed by atoms with E-state index in [1.807, 2.05) is 17.5 Å². The van der Waals surface area contributed by atoms with Crippen LogP contribution in [0.1, 0.15) is 30.7 Å². The van der Waals surface area contributed by atoms with Gasteiger partial charge in [-0.15, -0.1) is 11.3 Å². The molecule has 0 aliphatic carbocycles. The van der Waals surface area contributed by atoms with Crippen LogP contribution in [0.5, 0.6) is 0 Å². The summed E-state index contributed by atoms with van der Waals surface area (Å²) in [5, 5.41) is 10.9. The highest BCUT2D eigenvalue weighted by Crippen LogP contribution is 2.26. The Morgan fingerprint density at radius 1 is 1.46 bits per heavy atom. The van der Waals surface area contributed by atoms with Crippen molar-refractivity contribution in [2.75, 3.05) is 19.7 Å². The minimum atomic E-state index is -0.923. The third-order valence-electron chi connectivity index (χ3n) is 4.34. The lowest BCUT2D eigenvalue weighted by atomic mass is 10.2. The quantitative estimate of drug-likeness (QED) is 0.759. The fourth-order valence-corrected chi connectivity index (χ4v) is 3.58. The van der Waals surface area contributed by atoms with Crippen LogP contribution in [0, 0.1) is 6.92 Å². The van der Waals surface area contributed by atoms with Crippen LogP contribution >= 0.6 is 11.3 Å². The van der Waals surface area contributed by atoms with Gasteiger partial charge in [-0.2, -0.15) is 0 Å². The first kappa shape index (κ1) is 18.6. The van der Waals surface area contributed by atoms with E-state index in [9.17, 15) is 9.59 Å². The van der Waals surface area contributed by atoms with Crippen LogP contribution < -0.4 is 0 Å². The van der Waals surface area contributed by atoms with Crippen LogP contribution in [0.2, 0.25) is 0 Å². The van der Waals surface area contributed by atoms with Gasteiger partial charge in [-0.3, -0.25) is 9.59 Å². The molecular formula is C18H22N2O5S. The Bertz CT molecular complexity index is 750. The van der Waals surface area contributed by atoms with Gasteiger partial charge < -0.3 is 19.2 Å². The van der Waals surface area contributed by atoms with Gasteiger partial charge in [0, 0.05) is 19.7 Å². The lowest BCUT2D eigenvalue weighted by Gasteiger charge is -2.24. The summed E-state index contributed by atoms with van der Waals surface area (Å²) in [6.07, 6.45) is 1.84. The molecule has 3 rings (SSSR count). The molecule has 3 heterocycles. The van der Waals surface area contributed by atoms with E-state index in [0.717, 1.165) is 17.7 Å². The number of ether oxygens (including phenoxy) is 1. The van der Waals surface area contributed by atoms with Crippen LogP contribution in [0.15, 0.2) is 21.9 Å². The van der Waals surface area contributed by atoms with Gasteiger partial charge in [-0.05, 0) is 31.2 Å². The van der Waals surface area contributed by atoms with Crippen molar-refractivity contribution < 1.29 is 23.8 Å². The summed E-state index contributed by atoms with van der Waals surface area (Å²) in [6.45, 7) is 3.07. The third-order valence-corrected chi connectivity index (χ3v) is 5.20. The molecule has 1 amide bonds. The second-order valence-electron chi connectivity index (χ2n) is 6.29. The molecule has 0 radical (unpaired) electrons. The number of thiophene rings is 1. The van der Waals surface area contributed by atoms with Crippen molar-refractivity contribution in [3.05, 3.63) is 29.0 Å². The number of hydrogen-bond donors (Lipinski definition) is 1. The second-order valence-corrected chi connectivity index (χ2v) is 7.24. The normalized spacial score (nSPS) is 16.7. The van der Waals surface area contributed by atoms with Gasteiger partial charge >= 0.3 is 5.97 Å². The molecule has 0 aromatic carbocycles. The third kappa shape index (κ3) is 4.70. The van der Waals surface area contributed by atoms with Gasteiger partial charge in [-0.25, -0.2) is 4.98 Å². The number of hydrogen-bond acceptors (Lipinski definition) is 6. The molecule has 7 nitrogen and oxygen atoms in total. The van der Waals surface area contributed by atoms with Gasteiger partial charge in [0.05, 0.1) is 29.5 Å². The predicted octanol–water partition coefficient (Wildman–Crippen LogP) is 2.74. The van der Waals surface area contributed by atoms with E-state index in [-0.39, 0.29) is 31.4 Å². The molecule has 26 heavy (non-hydrogen) atoms. The summed E-state index contributed by atoms with van der Waals surface area (Å²) in [6, 6.07) is 3.83. The first-order valence-corrected chi connectivity index (χ1v) is 9.52. The standard InChI is InChI=1S/C18H22N2O5S/c1-12-14(19-18(25-12)15-5-3-9-26-15)10-16(21)20(7-6-17(22)23)11-13-4-2-8-24-13/h3,5,9,13H,2,4,6-8,10-11H2,1H3,(H,22,23)/t13-/m0/s1. The fraction of sp³-hybridized carbons (Fsp3) is 0.500. The molecular weight excluding hydrogens is 356 g/mol. The van der Waals surface area contributed by atoms with E-state index in [1.165, 1.54) is 11.3 Å². The number of carboxylic acid groups (broad SMARTS) is 1.